The Balaban J connectivity index is 0.00000400. The van der Waals surface area contributed by atoms with E-state index in [2.05, 4.69) is 31.4 Å². The summed E-state index contributed by atoms with van der Waals surface area (Å²) in [5.74, 6) is 0.891. The van der Waals surface area contributed by atoms with Crippen molar-refractivity contribution in [2.45, 2.75) is 71.8 Å². The summed E-state index contributed by atoms with van der Waals surface area (Å²) in [5, 5.41) is 16.9. The first-order valence-electron chi connectivity index (χ1n) is 8.32. The predicted molar refractivity (Wildman–Crippen MR) is 102 cm³/mol. The van der Waals surface area contributed by atoms with Gasteiger partial charge in [-0.1, -0.05) is 39.5 Å². The molecule has 2 atom stereocenters. The quantitative estimate of drug-likeness (QED) is 0.261. The Morgan fingerprint density at radius 3 is 2.62 bits per heavy atom. The maximum atomic E-state index is 10.2. The molecule has 0 bridgehead atoms. The first-order chi connectivity index (χ1) is 9.62. The fourth-order valence-electron chi connectivity index (χ4n) is 2.75. The number of unbranched alkanes of at least 4 members (excludes halogenated alkanes) is 2. The topological polar surface area (TPSA) is 56.7 Å². The van der Waals surface area contributed by atoms with Crippen LogP contribution in [0.2, 0.25) is 0 Å². The van der Waals surface area contributed by atoms with Crippen LogP contribution in [0.1, 0.15) is 65.7 Å². The summed E-state index contributed by atoms with van der Waals surface area (Å²) in [6.07, 6.45) is 7.82. The predicted octanol–water partition coefficient (Wildman–Crippen LogP) is 3.29. The fraction of sp³-hybridized carbons (Fsp3) is 0.938. The number of guanidine groups is 1. The zero-order valence-electron chi connectivity index (χ0n) is 14.0. The Bertz CT molecular complexity index is 299. The molecule has 1 aliphatic rings. The van der Waals surface area contributed by atoms with Crippen molar-refractivity contribution in [2.24, 2.45) is 10.4 Å². The maximum absolute atomic E-state index is 10.2. The molecule has 2 unspecified atom stereocenters. The molecule has 1 saturated carbocycles. The second-order valence-corrected chi connectivity index (χ2v) is 6.24. The normalized spacial score (nSPS) is 26.1. The van der Waals surface area contributed by atoms with Crippen LogP contribution in [0.4, 0.5) is 0 Å². The van der Waals surface area contributed by atoms with Gasteiger partial charge >= 0.3 is 0 Å². The zero-order valence-corrected chi connectivity index (χ0v) is 16.3. The second-order valence-electron chi connectivity index (χ2n) is 6.24. The summed E-state index contributed by atoms with van der Waals surface area (Å²) >= 11 is 0. The van der Waals surface area contributed by atoms with E-state index in [4.69, 9.17) is 4.99 Å². The monoisotopic (exact) mass is 411 g/mol. The molecule has 1 aliphatic carbocycles. The highest BCUT2D eigenvalue weighted by Crippen LogP contribution is 2.36. The van der Waals surface area contributed by atoms with E-state index in [0.717, 1.165) is 38.3 Å². The van der Waals surface area contributed by atoms with Gasteiger partial charge in [-0.25, -0.2) is 0 Å². The highest BCUT2D eigenvalue weighted by atomic mass is 127. The first kappa shape index (κ1) is 21.0. The highest BCUT2D eigenvalue weighted by molar-refractivity contribution is 14.0. The van der Waals surface area contributed by atoms with Gasteiger partial charge in [-0.2, -0.15) is 0 Å². The number of hydrogen-bond acceptors (Lipinski definition) is 2. The van der Waals surface area contributed by atoms with Crippen LogP contribution in [0, 0.1) is 5.41 Å². The molecule has 0 aliphatic heterocycles. The minimum Gasteiger partial charge on any atom is -0.392 e. The SMILES string of the molecule is CCCCCNC(=NCC1(C)CCCCC1O)NCC.I. The standard InChI is InChI=1S/C16H33N3O.HI/c1-4-6-9-12-18-15(17-5-2)19-13-16(3)11-8-7-10-14(16)20;/h14,20H,4-13H2,1-3H3,(H2,17,18,19);1H. The summed E-state index contributed by atoms with van der Waals surface area (Å²) in [5.41, 5.74) is -0.0516. The summed E-state index contributed by atoms with van der Waals surface area (Å²) in [6, 6.07) is 0. The molecule has 3 N–H and O–H groups in total. The third-order valence-electron chi connectivity index (χ3n) is 4.30. The molecule has 0 aromatic carbocycles. The Labute approximate surface area is 147 Å². The molecule has 21 heavy (non-hydrogen) atoms. The Hall–Kier alpha value is -0.0400. The van der Waals surface area contributed by atoms with E-state index < -0.39 is 0 Å². The first-order valence-corrected chi connectivity index (χ1v) is 8.32. The van der Waals surface area contributed by atoms with E-state index in [0.29, 0.717) is 6.54 Å². The van der Waals surface area contributed by atoms with Gasteiger partial charge in [-0.05, 0) is 26.2 Å². The van der Waals surface area contributed by atoms with Crippen LogP contribution >= 0.6 is 24.0 Å². The lowest BCUT2D eigenvalue weighted by Crippen LogP contribution is -2.42. The van der Waals surface area contributed by atoms with Crippen molar-refractivity contribution in [1.82, 2.24) is 10.6 Å². The molecule has 0 saturated heterocycles. The summed E-state index contributed by atoms with van der Waals surface area (Å²) < 4.78 is 0. The third kappa shape index (κ3) is 7.68. The van der Waals surface area contributed by atoms with Gasteiger partial charge in [-0.3, -0.25) is 4.99 Å². The molecule has 0 amide bonds. The third-order valence-corrected chi connectivity index (χ3v) is 4.30. The molecule has 5 heteroatoms. The molecule has 0 aromatic heterocycles. The molecule has 1 rings (SSSR count). The molecule has 1 fully saturated rings. The number of nitrogens with zero attached hydrogens (tertiary/aromatic N) is 1. The van der Waals surface area contributed by atoms with Crippen LogP contribution in [0.15, 0.2) is 4.99 Å². The van der Waals surface area contributed by atoms with Gasteiger partial charge in [-0.15, -0.1) is 24.0 Å². The molecule has 0 aromatic rings. The molecular weight excluding hydrogens is 377 g/mol. The second kappa shape index (κ2) is 11.5. The summed E-state index contributed by atoms with van der Waals surface area (Å²) in [4.78, 5) is 4.69. The van der Waals surface area contributed by atoms with E-state index in [9.17, 15) is 5.11 Å². The van der Waals surface area contributed by atoms with Crippen LogP contribution in [-0.2, 0) is 0 Å². The molecule has 0 radical (unpaired) electrons. The summed E-state index contributed by atoms with van der Waals surface area (Å²) in [7, 11) is 0. The van der Waals surface area contributed by atoms with Crippen molar-refractivity contribution < 1.29 is 5.11 Å². The van der Waals surface area contributed by atoms with E-state index >= 15 is 0 Å². The van der Waals surface area contributed by atoms with Gasteiger partial charge in [0.25, 0.3) is 0 Å². The van der Waals surface area contributed by atoms with Crippen molar-refractivity contribution in [3.8, 4) is 0 Å². The fourth-order valence-corrected chi connectivity index (χ4v) is 2.75. The Morgan fingerprint density at radius 2 is 2.00 bits per heavy atom. The molecular formula is C16H34IN3O. The average molecular weight is 411 g/mol. The van der Waals surface area contributed by atoms with Gasteiger partial charge in [0.1, 0.15) is 0 Å². The van der Waals surface area contributed by atoms with Crippen molar-refractivity contribution in [2.75, 3.05) is 19.6 Å². The minimum atomic E-state index is -0.206. The average Bonchev–Trinajstić information content (AvgIpc) is 2.44. The van der Waals surface area contributed by atoms with Crippen molar-refractivity contribution in [3.05, 3.63) is 0 Å². The van der Waals surface area contributed by atoms with E-state index in [1.807, 2.05) is 0 Å². The maximum Gasteiger partial charge on any atom is 0.191 e. The molecule has 4 nitrogen and oxygen atoms in total. The van der Waals surface area contributed by atoms with Gasteiger partial charge in [0.05, 0.1) is 12.6 Å². The van der Waals surface area contributed by atoms with Crippen LogP contribution in [0.3, 0.4) is 0 Å². The molecule has 126 valence electrons. The van der Waals surface area contributed by atoms with Crippen LogP contribution < -0.4 is 10.6 Å². The van der Waals surface area contributed by atoms with E-state index in [1.54, 1.807) is 0 Å². The number of halogens is 1. The van der Waals surface area contributed by atoms with Crippen LogP contribution in [-0.4, -0.2) is 36.8 Å². The van der Waals surface area contributed by atoms with Gasteiger partial charge in [0.2, 0.25) is 0 Å². The highest BCUT2D eigenvalue weighted by Gasteiger charge is 2.35. The number of aliphatic hydroxyl groups excluding tert-OH is 1. The molecule has 0 spiro atoms. The van der Waals surface area contributed by atoms with E-state index in [-0.39, 0.29) is 35.5 Å². The number of aliphatic hydroxyl groups is 1. The lowest BCUT2D eigenvalue weighted by Gasteiger charge is -2.37. The van der Waals surface area contributed by atoms with Crippen LogP contribution in [0.5, 0.6) is 0 Å². The number of nitrogens with one attached hydrogen (secondary N) is 2. The van der Waals surface area contributed by atoms with Crippen molar-refractivity contribution in [3.63, 3.8) is 0 Å². The van der Waals surface area contributed by atoms with Gasteiger partial charge in [0.15, 0.2) is 5.96 Å². The van der Waals surface area contributed by atoms with Gasteiger partial charge < -0.3 is 15.7 Å². The zero-order chi connectivity index (χ0) is 14.8. The smallest absolute Gasteiger partial charge is 0.191 e. The number of hydrogen-bond donors (Lipinski definition) is 3. The minimum absolute atomic E-state index is 0. The lowest BCUT2D eigenvalue weighted by molar-refractivity contribution is 0.00716. The Morgan fingerprint density at radius 1 is 1.24 bits per heavy atom. The van der Waals surface area contributed by atoms with Crippen LogP contribution in [0.25, 0.3) is 0 Å². The lowest BCUT2D eigenvalue weighted by atomic mass is 9.73. The van der Waals surface area contributed by atoms with Crippen molar-refractivity contribution >= 4 is 29.9 Å². The number of aliphatic imine (C=N–C) groups is 1. The largest absolute Gasteiger partial charge is 0.392 e. The summed E-state index contributed by atoms with van der Waals surface area (Å²) in [6.45, 7) is 9.01. The molecule has 0 heterocycles. The van der Waals surface area contributed by atoms with Gasteiger partial charge in [0, 0.05) is 18.5 Å². The number of rotatable bonds is 7. The van der Waals surface area contributed by atoms with Crippen molar-refractivity contribution in [1.29, 1.82) is 0 Å². The van der Waals surface area contributed by atoms with E-state index in [1.165, 1.54) is 25.7 Å². The Kier molecular flexibility index (Phi) is 11.5.